The Kier molecular flexibility index (Phi) is 4.30. The van der Waals surface area contributed by atoms with Gasteiger partial charge in [0.25, 0.3) is 0 Å². The maximum absolute atomic E-state index is 12.6. The van der Waals surface area contributed by atoms with Gasteiger partial charge in [-0.1, -0.05) is 6.92 Å². The molecule has 4 aromatic heterocycles. The van der Waals surface area contributed by atoms with Gasteiger partial charge in [0.15, 0.2) is 5.65 Å². The van der Waals surface area contributed by atoms with Crippen LogP contribution in [0.2, 0.25) is 0 Å². The molecule has 0 aliphatic heterocycles. The first kappa shape index (κ1) is 18.4. The Morgan fingerprint density at radius 3 is 2.83 bits per heavy atom. The molecule has 4 heterocycles. The number of amides is 1. The third-order valence-electron chi connectivity index (χ3n) is 5.47. The van der Waals surface area contributed by atoms with Gasteiger partial charge in [-0.3, -0.25) is 14.8 Å². The zero-order valence-corrected chi connectivity index (χ0v) is 16.9. The normalized spacial score (nSPS) is 14.7. The number of hydrogen-bond acceptors (Lipinski definition) is 7. The molecular weight excluding hydrogens is 380 g/mol. The minimum absolute atomic E-state index is 0.0311. The van der Waals surface area contributed by atoms with Crippen LogP contribution in [0, 0.1) is 5.41 Å². The first-order valence-electron chi connectivity index (χ1n) is 9.89. The van der Waals surface area contributed by atoms with Gasteiger partial charge < -0.3 is 10.2 Å². The van der Waals surface area contributed by atoms with Crippen LogP contribution in [0.5, 0.6) is 0 Å². The fourth-order valence-corrected chi connectivity index (χ4v) is 3.52. The predicted octanol–water partition coefficient (Wildman–Crippen LogP) is 2.64. The van der Waals surface area contributed by atoms with Crippen molar-refractivity contribution in [3.63, 3.8) is 0 Å². The molecule has 0 unspecified atom stereocenters. The zero-order valence-electron chi connectivity index (χ0n) is 16.9. The number of hydrogen-bond donors (Lipinski definition) is 1. The summed E-state index contributed by atoms with van der Waals surface area (Å²) in [5.41, 5.74) is 3.71. The summed E-state index contributed by atoms with van der Waals surface area (Å²) in [5.74, 6) is 0.561. The lowest BCUT2D eigenvalue weighted by Crippen LogP contribution is -2.26. The van der Waals surface area contributed by atoms with Gasteiger partial charge in [0.1, 0.15) is 17.9 Å². The summed E-state index contributed by atoms with van der Waals surface area (Å²) in [4.78, 5) is 32.5. The van der Waals surface area contributed by atoms with Crippen molar-refractivity contribution in [1.29, 1.82) is 0 Å². The lowest BCUT2D eigenvalue weighted by atomic mass is 10.1. The predicted molar refractivity (Wildman–Crippen MR) is 114 cm³/mol. The van der Waals surface area contributed by atoms with E-state index in [0.717, 1.165) is 23.4 Å². The highest BCUT2D eigenvalue weighted by atomic mass is 16.2. The summed E-state index contributed by atoms with van der Waals surface area (Å²) in [6.07, 6.45) is 9.18. The molecule has 0 radical (unpaired) electrons. The minimum atomic E-state index is -0.219. The molecule has 1 aliphatic rings. The van der Waals surface area contributed by atoms with Gasteiger partial charge in [0.2, 0.25) is 5.91 Å². The van der Waals surface area contributed by atoms with E-state index in [4.69, 9.17) is 4.98 Å². The minimum Gasteiger partial charge on any atom is -0.358 e. The third-order valence-corrected chi connectivity index (χ3v) is 5.47. The van der Waals surface area contributed by atoms with E-state index in [9.17, 15) is 4.79 Å². The summed E-state index contributed by atoms with van der Waals surface area (Å²) in [6.45, 7) is 3.25. The average Bonchev–Trinajstić information content (AvgIpc) is 3.33. The van der Waals surface area contributed by atoms with Crippen LogP contribution >= 0.6 is 0 Å². The average molecular weight is 402 g/mol. The highest BCUT2D eigenvalue weighted by molar-refractivity contribution is 5.92. The van der Waals surface area contributed by atoms with Crippen molar-refractivity contribution in [3.05, 3.63) is 43.0 Å². The van der Waals surface area contributed by atoms with E-state index in [0.29, 0.717) is 22.3 Å². The standard InChI is InChI=1S/C21H22N8O/c1-21(5-6-21)13-28(2)18-11-24-17-10-25-29(20(17)27-18)12-19(30)26-14-8-16-15(23-9-14)4-3-7-22-16/h3-4,7-11H,5-6,12-13H2,1-2H3,(H,26,30). The molecule has 5 rings (SSSR count). The molecular formula is C21H22N8O. The molecule has 152 valence electrons. The second kappa shape index (κ2) is 7.01. The number of rotatable bonds is 6. The molecule has 30 heavy (non-hydrogen) atoms. The van der Waals surface area contributed by atoms with Crippen molar-refractivity contribution >= 4 is 39.6 Å². The van der Waals surface area contributed by atoms with Crippen molar-refractivity contribution in [2.45, 2.75) is 26.3 Å². The molecule has 9 nitrogen and oxygen atoms in total. The molecule has 9 heteroatoms. The topological polar surface area (TPSA) is 102 Å². The van der Waals surface area contributed by atoms with Gasteiger partial charge in [-0.25, -0.2) is 14.6 Å². The molecule has 1 N–H and O–H groups in total. The van der Waals surface area contributed by atoms with Crippen LogP contribution < -0.4 is 10.2 Å². The van der Waals surface area contributed by atoms with Gasteiger partial charge in [-0.15, -0.1) is 0 Å². The molecule has 0 saturated heterocycles. The van der Waals surface area contributed by atoms with Gasteiger partial charge in [0.05, 0.1) is 35.3 Å². The quantitative estimate of drug-likeness (QED) is 0.529. The number of fused-ring (bicyclic) bond motifs is 2. The van der Waals surface area contributed by atoms with Crippen LogP contribution in [-0.2, 0) is 11.3 Å². The third kappa shape index (κ3) is 3.66. The Labute approximate surface area is 173 Å². The van der Waals surface area contributed by atoms with Crippen LogP contribution in [0.1, 0.15) is 19.8 Å². The second-order valence-corrected chi connectivity index (χ2v) is 8.22. The summed E-state index contributed by atoms with van der Waals surface area (Å²) in [5, 5.41) is 7.15. The van der Waals surface area contributed by atoms with Crippen LogP contribution in [-0.4, -0.2) is 49.2 Å². The lowest BCUT2D eigenvalue weighted by molar-refractivity contribution is -0.116. The Morgan fingerprint density at radius 1 is 1.17 bits per heavy atom. The summed E-state index contributed by atoms with van der Waals surface area (Å²) < 4.78 is 1.57. The molecule has 1 fully saturated rings. The molecule has 0 spiro atoms. The number of nitrogens with one attached hydrogen (secondary N) is 1. The maximum atomic E-state index is 12.6. The SMILES string of the molecule is CN(CC1(C)CC1)c1cnc2cnn(CC(=O)Nc3cnc4cccnc4c3)c2n1. The van der Waals surface area contributed by atoms with Crippen molar-refractivity contribution < 1.29 is 4.79 Å². The van der Waals surface area contributed by atoms with E-state index in [1.807, 2.05) is 19.2 Å². The van der Waals surface area contributed by atoms with Crippen molar-refractivity contribution in [2.75, 3.05) is 23.8 Å². The Morgan fingerprint density at radius 2 is 2.00 bits per heavy atom. The Balaban J connectivity index is 1.33. The van der Waals surface area contributed by atoms with Crippen LogP contribution in [0.25, 0.3) is 22.2 Å². The second-order valence-electron chi connectivity index (χ2n) is 8.22. The summed E-state index contributed by atoms with van der Waals surface area (Å²) in [6, 6.07) is 5.50. The smallest absolute Gasteiger partial charge is 0.246 e. The van der Waals surface area contributed by atoms with Crippen molar-refractivity contribution in [1.82, 2.24) is 29.7 Å². The van der Waals surface area contributed by atoms with E-state index in [1.54, 1.807) is 35.5 Å². The lowest BCUT2D eigenvalue weighted by Gasteiger charge is -2.21. The molecule has 0 bridgehead atoms. The Bertz CT molecular complexity index is 1250. The molecule has 1 amide bonds. The zero-order chi connectivity index (χ0) is 20.7. The maximum Gasteiger partial charge on any atom is 0.246 e. The largest absolute Gasteiger partial charge is 0.358 e. The molecule has 0 atom stereocenters. The fourth-order valence-electron chi connectivity index (χ4n) is 3.52. The van der Waals surface area contributed by atoms with Crippen LogP contribution in [0.15, 0.2) is 43.0 Å². The molecule has 4 aromatic rings. The first-order valence-corrected chi connectivity index (χ1v) is 9.89. The molecule has 0 aromatic carbocycles. The molecule has 1 saturated carbocycles. The van der Waals surface area contributed by atoms with E-state index in [1.165, 1.54) is 12.8 Å². The monoisotopic (exact) mass is 402 g/mol. The summed E-state index contributed by atoms with van der Waals surface area (Å²) >= 11 is 0. The van der Waals surface area contributed by atoms with E-state index < -0.39 is 0 Å². The van der Waals surface area contributed by atoms with E-state index in [-0.39, 0.29) is 12.5 Å². The number of carbonyl (C=O) groups is 1. The summed E-state index contributed by atoms with van der Waals surface area (Å²) in [7, 11) is 2.02. The van der Waals surface area contributed by atoms with Gasteiger partial charge >= 0.3 is 0 Å². The number of pyridine rings is 2. The Hall–Kier alpha value is -3.62. The van der Waals surface area contributed by atoms with Crippen LogP contribution in [0.3, 0.4) is 0 Å². The van der Waals surface area contributed by atoms with Crippen molar-refractivity contribution in [2.24, 2.45) is 5.41 Å². The van der Waals surface area contributed by atoms with Gasteiger partial charge in [-0.05, 0) is 36.5 Å². The highest BCUT2D eigenvalue weighted by Crippen LogP contribution is 2.45. The number of aromatic nitrogens is 6. The van der Waals surface area contributed by atoms with E-state index >= 15 is 0 Å². The van der Waals surface area contributed by atoms with Crippen LogP contribution in [0.4, 0.5) is 11.5 Å². The number of nitrogens with zero attached hydrogens (tertiary/aromatic N) is 7. The van der Waals surface area contributed by atoms with Crippen molar-refractivity contribution in [3.8, 4) is 0 Å². The van der Waals surface area contributed by atoms with Gasteiger partial charge in [-0.2, -0.15) is 5.10 Å². The first-order chi connectivity index (χ1) is 14.5. The van der Waals surface area contributed by atoms with Gasteiger partial charge in [0, 0.05) is 19.8 Å². The number of carbonyl (C=O) groups excluding carboxylic acids is 1. The number of anilines is 2. The molecule has 1 aliphatic carbocycles. The fraction of sp³-hybridized carbons (Fsp3) is 0.333. The van der Waals surface area contributed by atoms with E-state index in [2.05, 4.69) is 37.2 Å². The highest BCUT2D eigenvalue weighted by Gasteiger charge is 2.38.